The van der Waals surface area contributed by atoms with E-state index in [0.29, 0.717) is 5.69 Å². The van der Waals surface area contributed by atoms with Gasteiger partial charge in [-0.3, -0.25) is 0 Å². The number of allylic oxidation sites excluding steroid dienone is 1. The van der Waals surface area contributed by atoms with E-state index in [4.69, 9.17) is 5.73 Å². The lowest BCUT2D eigenvalue weighted by Gasteiger charge is -2.31. The molecule has 136 valence electrons. The van der Waals surface area contributed by atoms with E-state index in [9.17, 15) is 0 Å². The number of aromatic nitrogens is 2. The molecule has 0 unspecified atom stereocenters. The highest BCUT2D eigenvalue weighted by Gasteiger charge is 2.22. The molecule has 0 atom stereocenters. The van der Waals surface area contributed by atoms with Crippen molar-refractivity contribution in [3.63, 3.8) is 0 Å². The van der Waals surface area contributed by atoms with Crippen molar-refractivity contribution in [3.05, 3.63) is 47.8 Å². The topological polar surface area (TPSA) is 67.1 Å². The second kappa shape index (κ2) is 7.77. The third-order valence-electron chi connectivity index (χ3n) is 5.35. The number of hydrogen-bond donors (Lipinski definition) is 2. The Labute approximate surface area is 155 Å². The Morgan fingerprint density at radius 2 is 2.00 bits per heavy atom. The first-order valence-corrected chi connectivity index (χ1v) is 9.70. The molecular formula is C21H27N5. The van der Waals surface area contributed by atoms with Gasteiger partial charge in [0.25, 0.3) is 0 Å². The molecule has 3 N–H and O–H groups in total. The van der Waals surface area contributed by atoms with Gasteiger partial charge in [-0.05, 0) is 56.6 Å². The fourth-order valence-corrected chi connectivity index (χ4v) is 3.97. The summed E-state index contributed by atoms with van der Waals surface area (Å²) in [5.74, 6) is 1.56. The quantitative estimate of drug-likeness (QED) is 0.781. The molecule has 1 aromatic heterocycles. The van der Waals surface area contributed by atoms with Gasteiger partial charge in [-0.1, -0.05) is 29.8 Å². The van der Waals surface area contributed by atoms with Crippen molar-refractivity contribution in [2.24, 2.45) is 0 Å². The molecule has 2 heterocycles. The predicted octanol–water partition coefficient (Wildman–Crippen LogP) is 4.45. The number of nitrogens with one attached hydrogen (secondary N) is 1. The van der Waals surface area contributed by atoms with Crippen molar-refractivity contribution in [3.8, 4) is 0 Å². The zero-order valence-electron chi connectivity index (χ0n) is 15.2. The molecule has 1 aliphatic heterocycles. The lowest BCUT2D eigenvalue weighted by molar-refractivity contribution is 0.679. The second-order valence-electron chi connectivity index (χ2n) is 7.13. The van der Waals surface area contributed by atoms with Gasteiger partial charge in [0, 0.05) is 18.8 Å². The van der Waals surface area contributed by atoms with Gasteiger partial charge in [0.2, 0.25) is 0 Å². The third kappa shape index (κ3) is 3.52. The summed E-state index contributed by atoms with van der Waals surface area (Å²) in [6, 6.07) is 8.51. The van der Waals surface area contributed by atoms with Crippen LogP contribution in [-0.4, -0.2) is 23.1 Å². The first-order chi connectivity index (χ1) is 12.8. The van der Waals surface area contributed by atoms with Crippen LogP contribution in [0.3, 0.4) is 0 Å². The Morgan fingerprint density at radius 1 is 1.08 bits per heavy atom. The van der Waals surface area contributed by atoms with Crippen molar-refractivity contribution in [2.75, 3.05) is 29.0 Å². The van der Waals surface area contributed by atoms with Crippen LogP contribution in [0, 0.1) is 0 Å². The average Bonchev–Trinajstić information content (AvgIpc) is 2.70. The number of rotatable bonds is 5. The molecule has 0 bridgehead atoms. The number of aryl methyl sites for hydroxylation is 1. The van der Waals surface area contributed by atoms with Crippen molar-refractivity contribution in [2.45, 2.75) is 44.9 Å². The number of benzene rings is 1. The molecule has 0 fully saturated rings. The van der Waals surface area contributed by atoms with Crippen molar-refractivity contribution in [1.29, 1.82) is 0 Å². The fraction of sp³-hybridized carbons (Fsp3) is 0.429. The summed E-state index contributed by atoms with van der Waals surface area (Å²) >= 11 is 0. The van der Waals surface area contributed by atoms with Gasteiger partial charge in [-0.25, -0.2) is 9.97 Å². The highest BCUT2D eigenvalue weighted by atomic mass is 15.2. The summed E-state index contributed by atoms with van der Waals surface area (Å²) in [6.45, 7) is 1.80. The van der Waals surface area contributed by atoms with Crippen molar-refractivity contribution < 1.29 is 0 Å². The summed E-state index contributed by atoms with van der Waals surface area (Å²) in [7, 11) is 0. The Balaban J connectivity index is 1.50. The molecule has 2 aromatic rings. The largest absolute Gasteiger partial charge is 0.393 e. The van der Waals surface area contributed by atoms with E-state index in [1.54, 1.807) is 11.9 Å². The van der Waals surface area contributed by atoms with Gasteiger partial charge in [0.1, 0.15) is 12.0 Å². The van der Waals surface area contributed by atoms with E-state index in [1.165, 1.54) is 36.9 Å². The zero-order valence-corrected chi connectivity index (χ0v) is 15.2. The Bertz CT molecular complexity index is 799. The van der Waals surface area contributed by atoms with E-state index in [2.05, 4.69) is 50.5 Å². The van der Waals surface area contributed by atoms with Crippen LogP contribution < -0.4 is 16.0 Å². The van der Waals surface area contributed by atoms with Crippen LogP contribution in [0.2, 0.25) is 0 Å². The molecule has 0 saturated carbocycles. The maximum atomic E-state index is 6.45. The van der Waals surface area contributed by atoms with E-state index < -0.39 is 0 Å². The Hall–Kier alpha value is -2.56. The number of nitrogens with two attached hydrogens (primary N) is 1. The number of nitrogens with zero attached hydrogens (tertiary/aromatic N) is 3. The van der Waals surface area contributed by atoms with Gasteiger partial charge < -0.3 is 16.0 Å². The second-order valence-corrected chi connectivity index (χ2v) is 7.13. The molecule has 2 aliphatic rings. The molecule has 5 nitrogen and oxygen atoms in total. The average molecular weight is 349 g/mol. The highest BCUT2D eigenvalue weighted by molar-refractivity contribution is 5.80. The molecular weight excluding hydrogens is 322 g/mol. The maximum absolute atomic E-state index is 6.45. The van der Waals surface area contributed by atoms with Gasteiger partial charge in [-0.2, -0.15) is 0 Å². The number of hydrogen-bond acceptors (Lipinski definition) is 5. The zero-order chi connectivity index (χ0) is 17.8. The first kappa shape index (κ1) is 16.9. The van der Waals surface area contributed by atoms with E-state index in [1.807, 2.05) is 0 Å². The standard InChI is InChI=1S/C21H27N5/c22-19-20(23-13-12-16-7-2-1-3-8-16)24-15-25-21(19)26-14-6-10-17-9-4-5-11-18(17)26/h4-5,7,9,11,15H,1-3,6,8,10,12-14,22H2,(H,23,24,25). The van der Waals surface area contributed by atoms with Gasteiger partial charge in [0.05, 0.1) is 0 Å². The first-order valence-electron chi connectivity index (χ1n) is 9.70. The molecule has 1 aliphatic carbocycles. The van der Waals surface area contributed by atoms with Crippen LogP contribution >= 0.6 is 0 Å². The van der Waals surface area contributed by atoms with Crippen molar-refractivity contribution in [1.82, 2.24) is 9.97 Å². The monoisotopic (exact) mass is 349 g/mol. The van der Waals surface area contributed by atoms with Crippen LogP contribution in [0.25, 0.3) is 0 Å². The SMILES string of the molecule is Nc1c(NCCC2=CCCCC2)ncnc1N1CCCc2ccccc21. The number of fused-ring (bicyclic) bond motifs is 1. The molecule has 4 rings (SSSR count). The molecule has 0 radical (unpaired) electrons. The van der Waals surface area contributed by atoms with Crippen LogP contribution in [0.1, 0.15) is 44.1 Å². The Kier molecular flexibility index (Phi) is 5.04. The smallest absolute Gasteiger partial charge is 0.161 e. The summed E-state index contributed by atoms with van der Waals surface area (Å²) in [5, 5.41) is 3.42. The number of para-hydroxylation sites is 1. The summed E-state index contributed by atoms with van der Waals surface area (Å²) < 4.78 is 0. The molecule has 0 saturated heterocycles. The molecule has 1 aromatic carbocycles. The third-order valence-corrected chi connectivity index (χ3v) is 5.35. The predicted molar refractivity (Wildman–Crippen MR) is 108 cm³/mol. The molecule has 26 heavy (non-hydrogen) atoms. The van der Waals surface area contributed by atoms with Gasteiger partial charge >= 0.3 is 0 Å². The minimum Gasteiger partial charge on any atom is -0.393 e. The summed E-state index contributed by atoms with van der Waals surface area (Å²) in [6.07, 6.45) is 12.4. The summed E-state index contributed by atoms with van der Waals surface area (Å²) in [5.41, 5.74) is 11.2. The summed E-state index contributed by atoms with van der Waals surface area (Å²) in [4.78, 5) is 11.1. The van der Waals surface area contributed by atoms with E-state index in [-0.39, 0.29) is 0 Å². The number of anilines is 4. The highest BCUT2D eigenvalue weighted by Crippen LogP contribution is 2.36. The van der Waals surface area contributed by atoms with E-state index in [0.717, 1.165) is 44.0 Å². The minimum atomic E-state index is 0.641. The van der Waals surface area contributed by atoms with Crippen molar-refractivity contribution >= 4 is 23.0 Å². The number of nitrogen functional groups attached to an aromatic ring is 1. The maximum Gasteiger partial charge on any atom is 0.161 e. The Morgan fingerprint density at radius 3 is 2.88 bits per heavy atom. The van der Waals surface area contributed by atoms with Crippen LogP contribution in [0.5, 0.6) is 0 Å². The van der Waals surface area contributed by atoms with Crippen LogP contribution in [-0.2, 0) is 6.42 Å². The van der Waals surface area contributed by atoms with Crippen LogP contribution in [0.4, 0.5) is 23.0 Å². The lowest BCUT2D eigenvalue weighted by atomic mass is 9.97. The minimum absolute atomic E-state index is 0.641. The lowest BCUT2D eigenvalue weighted by Crippen LogP contribution is -2.26. The van der Waals surface area contributed by atoms with Gasteiger partial charge in [-0.15, -0.1) is 0 Å². The fourth-order valence-electron chi connectivity index (χ4n) is 3.97. The van der Waals surface area contributed by atoms with Crippen LogP contribution in [0.15, 0.2) is 42.2 Å². The molecule has 0 spiro atoms. The molecule has 5 heteroatoms. The van der Waals surface area contributed by atoms with Gasteiger partial charge in [0.15, 0.2) is 11.6 Å². The normalized spacial score (nSPS) is 16.8. The van der Waals surface area contributed by atoms with E-state index >= 15 is 0 Å². The molecule has 0 amide bonds.